The van der Waals surface area contributed by atoms with Crippen molar-refractivity contribution in [2.24, 2.45) is 0 Å². The molecule has 0 heterocycles. The summed E-state index contributed by atoms with van der Waals surface area (Å²) in [6.45, 7) is 0.896. The molecular weight excluding hydrogens is 468 g/mol. The first-order valence-electron chi connectivity index (χ1n) is 11.2. The molecule has 35 heavy (non-hydrogen) atoms. The second kappa shape index (κ2) is 11.9. The minimum Gasteiger partial charge on any atom is -0.506 e. The van der Waals surface area contributed by atoms with E-state index in [-0.39, 0.29) is 23.9 Å². The average Bonchev–Trinajstić information content (AvgIpc) is 2.85. The number of rotatable bonds is 12. The van der Waals surface area contributed by atoms with E-state index in [9.17, 15) is 18.6 Å². The number of nitrogens with one attached hydrogen (secondary N) is 2. The summed E-state index contributed by atoms with van der Waals surface area (Å²) in [5.74, 6) is 1.50. The number of anilines is 1. The van der Waals surface area contributed by atoms with Crippen LogP contribution < -0.4 is 19.5 Å². The zero-order valence-electron chi connectivity index (χ0n) is 20.1. The lowest BCUT2D eigenvalue weighted by Gasteiger charge is -2.20. The number of aliphatic hydroxyl groups is 1. The normalized spacial score (nSPS) is 12.4. The fourth-order valence-electron chi connectivity index (χ4n) is 3.84. The summed E-state index contributed by atoms with van der Waals surface area (Å²) in [6, 6.07) is 20.3. The fourth-order valence-corrected chi connectivity index (χ4v) is 4.41. The third kappa shape index (κ3) is 7.61. The van der Waals surface area contributed by atoms with Crippen LogP contribution in [0.3, 0.4) is 0 Å². The minimum absolute atomic E-state index is 0.0307. The summed E-state index contributed by atoms with van der Waals surface area (Å²) in [6.07, 6.45) is 0.900. The van der Waals surface area contributed by atoms with E-state index in [2.05, 4.69) is 34.3 Å². The predicted octanol–water partition coefficient (Wildman–Crippen LogP) is 3.63. The smallest absolute Gasteiger partial charge is 0.229 e. The van der Waals surface area contributed by atoms with Gasteiger partial charge in [0, 0.05) is 12.5 Å². The first-order chi connectivity index (χ1) is 16.7. The van der Waals surface area contributed by atoms with E-state index in [1.54, 1.807) is 20.3 Å². The van der Waals surface area contributed by atoms with Crippen molar-refractivity contribution in [1.29, 1.82) is 0 Å². The molecule has 0 amide bonds. The molecular formula is C26H32N2O6S. The lowest BCUT2D eigenvalue weighted by molar-refractivity contribution is 0.174. The third-order valence-corrected chi connectivity index (χ3v) is 6.28. The zero-order chi connectivity index (χ0) is 25.4. The molecule has 1 atom stereocenters. The van der Waals surface area contributed by atoms with Gasteiger partial charge in [0.1, 0.15) is 17.2 Å². The second-order valence-electron chi connectivity index (χ2n) is 8.26. The standard InChI is InChI=1S/C26H32N2O6S/c1-33-21-9-4-18(5-10-21)23(19-6-11-22(34-2)12-7-19)14-15-27-17-26(30)20-8-13-25(29)24(16-20)28-35(3,31)32/h4-13,16,23,26-30H,14-15,17H2,1-3H3/t26-/m1/s1. The number of benzene rings is 3. The first-order valence-corrected chi connectivity index (χ1v) is 13.1. The van der Waals surface area contributed by atoms with Crippen LogP contribution in [0.15, 0.2) is 66.7 Å². The SMILES string of the molecule is COc1ccc(C(CCNC[C@@H](O)c2ccc(O)c(NS(C)(=O)=O)c2)c2ccc(OC)cc2)cc1. The van der Waals surface area contributed by atoms with Crippen molar-refractivity contribution in [3.63, 3.8) is 0 Å². The number of methoxy groups -OCH3 is 2. The average molecular weight is 501 g/mol. The van der Waals surface area contributed by atoms with Crippen LogP contribution in [0.4, 0.5) is 5.69 Å². The number of ether oxygens (including phenoxy) is 2. The molecule has 0 aliphatic heterocycles. The highest BCUT2D eigenvalue weighted by Gasteiger charge is 2.16. The lowest BCUT2D eigenvalue weighted by atomic mass is 9.88. The van der Waals surface area contributed by atoms with Crippen LogP contribution in [0.5, 0.6) is 17.2 Å². The molecule has 0 spiro atoms. The minimum atomic E-state index is -3.56. The van der Waals surface area contributed by atoms with Crippen LogP contribution in [0.25, 0.3) is 0 Å². The summed E-state index contributed by atoms with van der Waals surface area (Å²) in [5.41, 5.74) is 2.81. The zero-order valence-corrected chi connectivity index (χ0v) is 20.9. The molecule has 4 N–H and O–H groups in total. The topological polar surface area (TPSA) is 117 Å². The highest BCUT2D eigenvalue weighted by molar-refractivity contribution is 7.92. The lowest BCUT2D eigenvalue weighted by Crippen LogP contribution is -2.24. The number of aromatic hydroxyl groups is 1. The van der Waals surface area contributed by atoms with Crippen molar-refractivity contribution in [3.8, 4) is 17.2 Å². The summed E-state index contributed by atoms with van der Waals surface area (Å²) < 4.78 is 35.8. The Kier molecular flexibility index (Phi) is 8.97. The van der Waals surface area contributed by atoms with Gasteiger partial charge < -0.3 is 25.0 Å². The number of hydrogen-bond acceptors (Lipinski definition) is 7. The van der Waals surface area contributed by atoms with Gasteiger partial charge in [-0.15, -0.1) is 0 Å². The van der Waals surface area contributed by atoms with Gasteiger partial charge >= 0.3 is 0 Å². The monoisotopic (exact) mass is 500 g/mol. The van der Waals surface area contributed by atoms with E-state index >= 15 is 0 Å². The summed E-state index contributed by atoms with van der Waals surface area (Å²) >= 11 is 0. The number of hydrogen-bond donors (Lipinski definition) is 4. The maximum atomic E-state index is 11.5. The Bertz CT molecular complexity index is 1150. The van der Waals surface area contributed by atoms with Gasteiger partial charge in [-0.25, -0.2) is 8.42 Å². The van der Waals surface area contributed by atoms with E-state index in [4.69, 9.17) is 9.47 Å². The van der Waals surface area contributed by atoms with Gasteiger partial charge in [-0.05, 0) is 66.1 Å². The molecule has 8 nitrogen and oxygen atoms in total. The Hall–Kier alpha value is -3.27. The van der Waals surface area contributed by atoms with Crippen molar-refractivity contribution < 1.29 is 28.1 Å². The predicted molar refractivity (Wildman–Crippen MR) is 137 cm³/mol. The number of aliphatic hydroxyl groups excluding tert-OH is 1. The quantitative estimate of drug-likeness (QED) is 0.222. The molecule has 0 bridgehead atoms. The van der Waals surface area contributed by atoms with Crippen molar-refractivity contribution in [2.75, 3.05) is 38.3 Å². The third-order valence-electron chi connectivity index (χ3n) is 5.68. The molecule has 3 rings (SSSR count). The van der Waals surface area contributed by atoms with Gasteiger partial charge in [0.05, 0.1) is 32.3 Å². The highest BCUT2D eigenvalue weighted by atomic mass is 32.2. The molecule has 9 heteroatoms. The van der Waals surface area contributed by atoms with Gasteiger partial charge in [0.2, 0.25) is 10.0 Å². The molecule has 188 valence electrons. The highest BCUT2D eigenvalue weighted by Crippen LogP contribution is 2.31. The summed E-state index contributed by atoms with van der Waals surface area (Å²) in [7, 11) is -0.281. The van der Waals surface area contributed by atoms with E-state index in [0.717, 1.165) is 35.3 Å². The first kappa shape index (κ1) is 26.3. The van der Waals surface area contributed by atoms with E-state index in [1.807, 2.05) is 24.3 Å². The van der Waals surface area contributed by atoms with E-state index in [0.29, 0.717) is 12.1 Å². The maximum Gasteiger partial charge on any atom is 0.229 e. The second-order valence-corrected chi connectivity index (χ2v) is 10.0. The molecule has 0 saturated carbocycles. The van der Waals surface area contributed by atoms with Gasteiger partial charge in [0.25, 0.3) is 0 Å². The van der Waals surface area contributed by atoms with Gasteiger partial charge in [-0.1, -0.05) is 30.3 Å². The number of phenols is 1. The summed E-state index contributed by atoms with van der Waals surface area (Å²) in [5, 5.41) is 23.8. The van der Waals surface area contributed by atoms with Crippen LogP contribution in [-0.2, 0) is 10.0 Å². The van der Waals surface area contributed by atoms with Gasteiger partial charge in [-0.2, -0.15) is 0 Å². The fraction of sp³-hybridized carbons (Fsp3) is 0.308. The molecule has 0 unspecified atom stereocenters. The van der Waals surface area contributed by atoms with Crippen LogP contribution in [0.2, 0.25) is 0 Å². The Morgan fingerprint density at radius 2 is 1.37 bits per heavy atom. The molecule has 3 aromatic rings. The van der Waals surface area contributed by atoms with Crippen LogP contribution >= 0.6 is 0 Å². The largest absolute Gasteiger partial charge is 0.506 e. The van der Waals surface area contributed by atoms with Crippen LogP contribution in [0.1, 0.15) is 35.1 Å². The van der Waals surface area contributed by atoms with E-state index in [1.165, 1.54) is 12.1 Å². The molecule has 0 aliphatic rings. The van der Waals surface area contributed by atoms with Gasteiger partial charge in [-0.3, -0.25) is 4.72 Å². The van der Waals surface area contributed by atoms with Crippen LogP contribution in [0, 0.1) is 0 Å². The molecule has 0 radical (unpaired) electrons. The Morgan fingerprint density at radius 3 is 1.86 bits per heavy atom. The maximum absolute atomic E-state index is 11.5. The molecule has 0 saturated heterocycles. The van der Waals surface area contributed by atoms with E-state index < -0.39 is 16.1 Å². The Labute approximate surface area is 206 Å². The number of phenolic OH excluding ortho intramolecular Hbond substituents is 1. The van der Waals surface area contributed by atoms with Crippen molar-refractivity contribution in [1.82, 2.24) is 5.32 Å². The van der Waals surface area contributed by atoms with Gasteiger partial charge in [0.15, 0.2) is 0 Å². The molecule has 0 fully saturated rings. The summed E-state index contributed by atoms with van der Waals surface area (Å²) in [4.78, 5) is 0. The van der Waals surface area contributed by atoms with Crippen molar-refractivity contribution in [3.05, 3.63) is 83.4 Å². The molecule has 0 aromatic heterocycles. The van der Waals surface area contributed by atoms with Crippen LogP contribution in [-0.4, -0.2) is 52.2 Å². The number of sulfonamides is 1. The molecule has 3 aromatic carbocycles. The molecule has 0 aliphatic carbocycles. The van der Waals surface area contributed by atoms with Crippen molar-refractivity contribution >= 4 is 15.7 Å². The Balaban J connectivity index is 1.66. The van der Waals surface area contributed by atoms with Crippen molar-refractivity contribution in [2.45, 2.75) is 18.4 Å². The Morgan fingerprint density at radius 1 is 0.857 bits per heavy atom.